The molecule has 1 aliphatic heterocycles. The summed E-state index contributed by atoms with van der Waals surface area (Å²) in [5.74, 6) is 1.13. The van der Waals surface area contributed by atoms with Crippen LogP contribution in [0.15, 0.2) is 24.8 Å². The van der Waals surface area contributed by atoms with Crippen LogP contribution in [0, 0.1) is 22.7 Å². The molecule has 3 aromatic heterocycles. The zero-order valence-corrected chi connectivity index (χ0v) is 23.9. The van der Waals surface area contributed by atoms with Crippen molar-refractivity contribution in [1.82, 2.24) is 34.8 Å². The SMILES string of the molecule is Cn1cnc(-c2cnc(N)c(OCC3CCN(c4nc(OCC5(C#N)CC5)nc(C(=O)NC(C)(C)C)n4)CC3)c2)c1. The number of nitrogens with zero attached hydrogens (tertiary/aromatic N) is 8. The molecule has 13 heteroatoms. The molecule has 0 unspecified atom stereocenters. The largest absolute Gasteiger partial charge is 0.489 e. The van der Waals surface area contributed by atoms with Gasteiger partial charge in [0.25, 0.3) is 5.91 Å². The fraction of sp³-hybridized carbons (Fsp3) is 0.536. The summed E-state index contributed by atoms with van der Waals surface area (Å²) in [7, 11) is 1.91. The molecule has 3 N–H and O–H groups in total. The normalized spacial score (nSPS) is 16.6. The molecule has 2 aliphatic rings. The van der Waals surface area contributed by atoms with E-state index in [0.717, 1.165) is 36.9 Å². The first-order chi connectivity index (χ1) is 19.5. The number of aryl methyl sites for hydroxylation is 1. The second-order valence-corrected chi connectivity index (χ2v) is 11.9. The van der Waals surface area contributed by atoms with Crippen LogP contribution in [0.3, 0.4) is 0 Å². The third kappa shape index (κ3) is 7.00. The lowest BCUT2D eigenvalue weighted by molar-refractivity contribution is 0.0906. The molecule has 4 heterocycles. The third-order valence-corrected chi connectivity index (χ3v) is 7.12. The van der Waals surface area contributed by atoms with Crippen molar-refractivity contribution in [1.29, 1.82) is 5.26 Å². The molecule has 5 rings (SSSR count). The molecule has 1 saturated heterocycles. The van der Waals surface area contributed by atoms with Gasteiger partial charge in [0, 0.05) is 43.6 Å². The minimum atomic E-state index is -0.491. The Morgan fingerprint density at radius 3 is 2.59 bits per heavy atom. The van der Waals surface area contributed by atoms with E-state index < -0.39 is 16.9 Å². The molecule has 0 aromatic carbocycles. The summed E-state index contributed by atoms with van der Waals surface area (Å²) >= 11 is 0. The summed E-state index contributed by atoms with van der Waals surface area (Å²) in [4.78, 5) is 36.8. The Kier molecular flexibility index (Phi) is 7.66. The van der Waals surface area contributed by atoms with Crippen molar-refractivity contribution >= 4 is 17.7 Å². The molecule has 1 aliphatic carbocycles. The number of carbonyl (C=O) groups is 1. The van der Waals surface area contributed by atoms with Crippen LogP contribution >= 0.6 is 0 Å². The average Bonchev–Trinajstić information content (AvgIpc) is 3.61. The average molecular weight is 561 g/mol. The first-order valence-corrected chi connectivity index (χ1v) is 13.8. The van der Waals surface area contributed by atoms with E-state index in [1.807, 2.05) is 49.5 Å². The predicted molar refractivity (Wildman–Crippen MR) is 151 cm³/mol. The van der Waals surface area contributed by atoms with Crippen LogP contribution in [-0.2, 0) is 7.05 Å². The topological polar surface area (TPSA) is 170 Å². The monoisotopic (exact) mass is 560 g/mol. The van der Waals surface area contributed by atoms with E-state index >= 15 is 0 Å². The van der Waals surface area contributed by atoms with Crippen molar-refractivity contribution in [3.05, 3.63) is 30.6 Å². The Hall–Kier alpha value is -4.47. The second kappa shape index (κ2) is 11.2. The van der Waals surface area contributed by atoms with E-state index in [1.165, 1.54) is 0 Å². The van der Waals surface area contributed by atoms with Gasteiger partial charge < -0.3 is 30.0 Å². The van der Waals surface area contributed by atoms with Crippen molar-refractivity contribution in [2.24, 2.45) is 18.4 Å². The van der Waals surface area contributed by atoms with Crippen LogP contribution in [0.2, 0.25) is 0 Å². The number of amides is 1. The van der Waals surface area contributed by atoms with Crippen LogP contribution in [0.4, 0.5) is 11.8 Å². The van der Waals surface area contributed by atoms with Gasteiger partial charge in [-0.25, -0.2) is 9.97 Å². The maximum absolute atomic E-state index is 12.9. The number of rotatable bonds is 9. The number of nitrogens with one attached hydrogen (secondary N) is 1. The van der Waals surface area contributed by atoms with Gasteiger partial charge in [0.1, 0.15) is 6.61 Å². The number of imidazole rings is 1. The third-order valence-electron chi connectivity index (χ3n) is 7.12. The van der Waals surface area contributed by atoms with Crippen molar-refractivity contribution in [2.75, 3.05) is 36.9 Å². The molecule has 0 spiro atoms. The predicted octanol–water partition coefficient (Wildman–Crippen LogP) is 2.76. The summed E-state index contributed by atoms with van der Waals surface area (Å²) < 4.78 is 13.8. The lowest BCUT2D eigenvalue weighted by Gasteiger charge is -2.32. The summed E-state index contributed by atoms with van der Waals surface area (Å²) in [5.41, 5.74) is 6.77. The van der Waals surface area contributed by atoms with E-state index in [4.69, 9.17) is 15.2 Å². The Labute approximate surface area is 239 Å². The van der Waals surface area contributed by atoms with Gasteiger partial charge >= 0.3 is 6.01 Å². The number of nitrogen functional groups attached to an aromatic ring is 1. The first-order valence-electron chi connectivity index (χ1n) is 13.8. The highest BCUT2D eigenvalue weighted by atomic mass is 16.5. The zero-order valence-electron chi connectivity index (χ0n) is 23.9. The van der Waals surface area contributed by atoms with Gasteiger partial charge in [-0.05, 0) is 58.4 Å². The van der Waals surface area contributed by atoms with Crippen molar-refractivity contribution < 1.29 is 14.3 Å². The van der Waals surface area contributed by atoms with Gasteiger partial charge in [-0.3, -0.25) is 4.79 Å². The maximum atomic E-state index is 12.9. The number of pyridine rings is 1. The molecule has 1 saturated carbocycles. The zero-order chi connectivity index (χ0) is 29.2. The minimum absolute atomic E-state index is 0.0112. The van der Waals surface area contributed by atoms with Gasteiger partial charge in [0.05, 0.1) is 30.1 Å². The molecular weight excluding hydrogens is 524 g/mol. The fourth-order valence-corrected chi connectivity index (χ4v) is 4.47. The molecule has 41 heavy (non-hydrogen) atoms. The quantitative estimate of drug-likeness (QED) is 0.394. The smallest absolute Gasteiger partial charge is 0.322 e. The molecule has 3 aromatic rings. The van der Waals surface area contributed by atoms with E-state index in [0.29, 0.717) is 37.2 Å². The minimum Gasteiger partial charge on any atom is -0.489 e. The number of anilines is 2. The number of carbonyl (C=O) groups excluding carboxylic acids is 1. The van der Waals surface area contributed by atoms with Crippen LogP contribution in [-0.4, -0.2) is 67.2 Å². The van der Waals surface area contributed by atoms with Crippen molar-refractivity contribution in [3.8, 4) is 29.1 Å². The first kappa shape index (κ1) is 28.1. The highest BCUT2D eigenvalue weighted by Crippen LogP contribution is 2.44. The number of nitrogens with two attached hydrogens (primary N) is 1. The molecule has 0 atom stereocenters. The molecule has 1 amide bonds. The molecule has 0 bridgehead atoms. The summed E-state index contributed by atoms with van der Waals surface area (Å²) in [6, 6.07) is 4.22. The Morgan fingerprint density at radius 1 is 1.20 bits per heavy atom. The number of piperidine rings is 1. The van der Waals surface area contributed by atoms with E-state index in [-0.39, 0.29) is 24.4 Å². The molecule has 216 valence electrons. The standard InChI is InChI=1S/C28H36N10O3/c1-27(2,3)36-24(39)23-33-25(35-26(34-23)41-16-28(15-29)7-8-28)38-9-5-18(6-10-38)14-40-21-11-19(12-31-22(21)30)20-13-37(4)17-32-20/h11-13,17-18H,5-10,14,16H2,1-4H3,(H2,30,31)(H,36,39). The van der Waals surface area contributed by atoms with Crippen LogP contribution in [0.5, 0.6) is 11.8 Å². The van der Waals surface area contributed by atoms with Gasteiger partial charge in [0.15, 0.2) is 11.6 Å². The van der Waals surface area contributed by atoms with Gasteiger partial charge in [-0.1, -0.05) is 0 Å². The van der Waals surface area contributed by atoms with Gasteiger partial charge in [0.2, 0.25) is 11.8 Å². The van der Waals surface area contributed by atoms with Crippen molar-refractivity contribution in [3.63, 3.8) is 0 Å². The lowest BCUT2D eigenvalue weighted by Crippen LogP contribution is -2.42. The van der Waals surface area contributed by atoms with Crippen LogP contribution in [0.25, 0.3) is 11.3 Å². The highest BCUT2D eigenvalue weighted by Gasteiger charge is 2.44. The highest BCUT2D eigenvalue weighted by molar-refractivity contribution is 5.91. The van der Waals surface area contributed by atoms with Gasteiger partial charge in [-0.15, -0.1) is 0 Å². The Morgan fingerprint density at radius 2 is 1.95 bits per heavy atom. The number of ether oxygens (including phenoxy) is 2. The number of hydrogen-bond acceptors (Lipinski definition) is 11. The number of aromatic nitrogens is 6. The van der Waals surface area contributed by atoms with E-state index in [2.05, 4.69) is 36.3 Å². The molecule has 0 radical (unpaired) electrons. The second-order valence-electron chi connectivity index (χ2n) is 11.9. The number of nitriles is 1. The molecule has 13 nitrogen and oxygen atoms in total. The molecular formula is C28H36N10O3. The van der Waals surface area contributed by atoms with E-state index in [1.54, 1.807) is 12.5 Å². The maximum Gasteiger partial charge on any atom is 0.322 e. The van der Waals surface area contributed by atoms with Crippen molar-refractivity contribution in [2.45, 2.75) is 52.0 Å². The summed E-state index contributed by atoms with van der Waals surface area (Å²) in [5, 5.41) is 12.3. The van der Waals surface area contributed by atoms with Crippen LogP contribution < -0.4 is 25.4 Å². The summed E-state index contributed by atoms with van der Waals surface area (Å²) in [6.45, 7) is 7.68. The Bertz CT molecular complexity index is 1450. The van der Waals surface area contributed by atoms with Crippen LogP contribution in [0.1, 0.15) is 57.1 Å². The Balaban J connectivity index is 1.23. The van der Waals surface area contributed by atoms with Gasteiger partial charge in [-0.2, -0.15) is 20.2 Å². The fourth-order valence-electron chi connectivity index (χ4n) is 4.47. The lowest BCUT2D eigenvalue weighted by atomic mass is 9.98. The summed E-state index contributed by atoms with van der Waals surface area (Å²) in [6.07, 6.45) is 8.56. The van der Waals surface area contributed by atoms with E-state index in [9.17, 15) is 10.1 Å². The molecule has 2 fully saturated rings. The number of hydrogen-bond donors (Lipinski definition) is 2.